The van der Waals surface area contributed by atoms with Gasteiger partial charge >= 0.3 is 6.18 Å². The van der Waals surface area contributed by atoms with Gasteiger partial charge in [-0.25, -0.2) is 8.78 Å². The minimum atomic E-state index is -4.54. The molecule has 0 aliphatic carbocycles. The first-order valence-electron chi connectivity index (χ1n) is 9.44. The zero-order valence-electron chi connectivity index (χ0n) is 16.3. The molecule has 3 aromatic carbocycles. The molecule has 0 amide bonds. The number of alkyl halides is 3. The Bertz CT molecular complexity index is 962. The molecule has 8 heteroatoms. The zero-order chi connectivity index (χ0) is 22.3. The Morgan fingerprint density at radius 2 is 1.55 bits per heavy atom. The first-order valence-corrected chi connectivity index (χ1v) is 9.44. The molecule has 0 aromatic heterocycles. The molecule has 0 spiro atoms. The molecular weight excluding hydrogens is 417 g/mol. The van der Waals surface area contributed by atoms with E-state index in [1.54, 1.807) is 24.3 Å². The van der Waals surface area contributed by atoms with Crippen LogP contribution in [0.25, 0.3) is 0 Å². The maximum absolute atomic E-state index is 14.1. The summed E-state index contributed by atoms with van der Waals surface area (Å²) < 4.78 is 77.2. The highest BCUT2D eigenvalue weighted by Gasteiger charge is 2.40. The number of anilines is 2. The summed E-state index contributed by atoms with van der Waals surface area (Å²) in [6.45, 7) is -1.43. The van der Waals surface area contributed by atoms with E-state index in [9.17, 15) is 22.0 Å². The van der Waals surface area contributed by atoms with Crippen molar-refractivity contribution in [2.75, 3.05) is 18.5 Å². The summed E-state index contributed by atoms with van der Waals surface area (Å²) in [6.07, 6.45) is -4.54. The molecule has 0 aliphatic heterocycles. The summed E-state index contributed by atoms with van der Waals surface area (Å²) in [5, 5.41) is 2.92. The van der Waals surface area contributed by atoms with Crippen LogP contribution in [0, 0.1) is 17.6 Å². The lowest BCUT2D eigenvalue weighted by molar-refractivity contribution is -0.196. The molecule has 1 unspecified atom stereocenters. The molecule has 1 atom stereocenters. The Labute approximate surface area is 176 Å². The number of benzene rings is 3. The molecule has 3 aromatic rings. The Kier molecular flexibility index (Phi) is 7.46. The summed E-state index contributed by atoms with van der Waals surface area (Å²) in [7, 11) is 0. The third-order valence-corrected chi connectivity index (χ3v) is 4.40. The smallest absolute Gasteiger partial charge is 0.397 e. The lowest BCUT2D eigenvalue weighted by Crippen LogP contribution is -2.32. The third kappa shape index (κ3) is 6.96. The lowest BCUT2D eigenvalue weighted by atomic mass is 10.1. The fourth-order valence-electron chi connectivity index (χ4n) is 2.72. The Morgan fingerprint density at radius 3 is 2.23 bits per heavy atom. The van der Waals surface area contributed by atoms with Crippen molar-refractivity contribution in [2.24, 2.45) is 5.92 Å². The quantitative estimate of drug-likeness (QED) is 0.389. The van der Waals surface area contributed by atoms with E-state index >= 15 is 0 Å². The summed E-state index contributed by atoms with van der Waals surface area (Å²) in [6, 6.07) is 17.8. The van der Waals surface area contributed by atoms with Gasteiger partial charge in [0.2, 0.25) is 0 Å². The molecule has 0 fully saturated rings. The van der Waals surface area contributed by atoms with Gasteiger partial charge in [-0.05, 0) is 54.1 Å². The van der Waals surface area contributed by atoms with Gasteiger partial charge in [-0.1, -0.05) is 24.3 Å². The van der Waals surface area contributed by atoms with Gasteiger partial charge in [-0.15, -0.1) is 0 Å². The van der Waals surface area contributed by atoms with Crippen molar-refractivity contribution in [1.82, 2.24) is 0 Å². The molecule has 0 saturated heterocycles. The number of rotatable bonds is 9. The van der Waals surface area contributed by atoms with Crippen LogP contribution >= 0.6 is 0 Å². The summed E-state index contributed by atoms with van der Waals surface area (Å²) in [4.78, 5) is 0. The first kappa shape index (κ1) is 22.6. The van der Waals surface area contributed by atoms with Crippen LogP contribution in [-0.2, 0) is 11.3 Å². The van der Waals surface area contributed by atoms with Crippen molar-refractivity contribution >= 4 is 11.4 Å². The van der Waals surface area contributed by atoms with E-state index in [1.165, 1.54) is 30.3 Å². The van der Waals surface area contributed by atoms with Crippen LogP contribution < -0.4 is 10.1 Å². The normalized spacial score (nSPS) is 12.4. The topological polar surface area (TPSA) is 30.5 Å². The molecule has 164 valence electrons. The van der Waals surface area contributed by atoms with Crippen molar-refractivity contribution in [3.63, 3.8) is 0 Å². The number of para-hydroxylation sites is 1. The predicted molar refractivity (Wildman–Crippen MR) is 107 cm³/mol. The number of nitrogens with one attached hydrogen (secondary N) is 1. The second-order valence-electron chi connectivity index (χ2n) is 6.82. The van der Waals surface area contributed by atoms with Crippen molar-refractivity contribution in [2.45, 2.75) is 12.8 Å². The molecule has 3 rings (SSSR count). The predicted octanol–water partition coefficient (Wildman–Crippen LogP) is 6.48. The molecule has 31 heavy (non-hydrogen) atoms. The molecule has 0 bridgehead atoms. The van der Waals surface area contributed by atoms with Crippen molar-refractivity contribution in [3.05, 3.63) is 90.0 Å². The Morgan fingerprint density at radius 1 is 0.839 bits per heavy atom. The van der Waals surface area contributed by atoms with Crippen LogP contribution in [0.5, 0.6) is 5.75 Å². The number of ether oxygens (including phenoxy) is 2. The van der Waals surface area contributed by atoms with Crippen LogP contribution in [0.15, 0.2) is 72.8 Å². The molecule has 0 heterocycles. The van der Waals surface area contributed by atoms with Crippen LogP contribution in [-0.4, -0.2) is 19.4 Å². The summed E-state index contributed by atoms with van der Waals surface area (Å²) >= 11 is 0. The number of halogens is 5. The zero-order valence-corrected chi connectivity index (χ0v) is 16.3. The van der Waals surface area contributed by atoms with Crippen molar-refractivity contribution in [1.29, 1.82) is 0 Å². The van der Waals surface area contributed by atoms with E-state index in [1.807, 2.05) is 6.07 Å². The van der Waals surface area contributed by atoms with Gasteiger partial charge in [-0.3, -0.25) is 0 Å². The van der Waals surface area contributed by atoms with Gasteiger partial charge in [0.1, 0.15) is 29.9 Å². The van der Waals surface area contributed by atoms with E-state index < -0.39 is 36.9 Å². The van der Waals surface area contributed by atoms with Crippen LogP contribution in [0.3, 0.4) is 0 Å². The highest BCUT2D eigenvalue weighted by molar-refractivity contribution is 5.60. The van der Waals surface area contributed by atoms with Crippen molar-refractivity contribution < 1.29 is 31.4 Å². The molecule has 1 N–H and O–H groups in total. The summed E-state index contributed by atoms with van der Waals surface area (Å²) in [5.41, 5.74) is 1.38. The minimum absolute atomic E-state index is 0.130. The SMILES string of the molecule is Fc1ccc(OCC(COCc2ccc(F)c(Nc3ccccc3)c2)C(F)(F)F)cc1. The monoisotopic (exact) mass is 437 g/mol. The second kappa shape index (κ2) is 10.3. The standard InChI is InChI=1S/C23H20F5NO2/c24-18-7-9-20(10-8-18)31-15-17(23(26,27)28)14-30-13-16-6-11-21(25)22(12-16)29-19-4-2-1-3-5-19/h1-12,17,29H,13-15H2. The van der Waals surface area contributed by atoms with E-state index in [0.717, 1.165) is 12.1 Å². The van der Waals surface area contributed by atoms with Crippen LogP contribution in [0.1, 0.15) is 5.56 Å². The Balaban J connectivity index is 1.57. The number of hydrogen-bond donors (Lipinski definition) is 1. The van der Waals surface area contributed by atoms with E-state index in [4.69, 9.17) is 9.47 Å². The van der Waals surface area contributed by atoms with Gasteiger partial charge in [0, 0.05) is 5.69 Å². The van der Waals surface area contributed by atoms with E-state index in [2.05, 4.69) is 5.32 Å². The second-order valence-corrected chi connectivity index (χ2v) is 6.82. The van der Waals surface area contributed by atoms with E-state index in [-0.39, 0.29) is 18.0 Å². The highest BCUT2D eigenvalue weighted by Crippen LogP contribution is 2.28. The first-order chi connectivity index (χ1) is 14.8. The molecular formula is C23H20F5NO2. The van der Waals surface area contributed by atoms with Crippen LogP contribution in [0.2, 0.25) is 0 Å². The highest BCUT2D eigenvalue weighted by atomic mass is 19.4. The van der Waals surface area contributed by atoms with Gasteiger partial charge in [0.15, 0.2) is 0 Å². The molecule has 0 saturated carbocycles. The minimum Gasteiger partial charge on any atom is -0.493 e. The molecule has 0 radical (unpaired) electrons. The average molecular weight is 437 g/mol. The van der Waals surface area contributed by atoms with Gasteiger partial charge in [-0.2, -0.15) is 13.2 Å². The Hall–Kier alpha value is -3.13. The van der Waals surface area contributed by atoms with E-state index in [0.29, 0.717) is 11.3 Å². The van der Waals surface area contributed by atoms with Crippen LogP contribution in [0.4, 0.5) is 33.3 Å². The third-order valence-electron chi connectivity index (χ3n) is 4.40. The molecule has 0 aliphatic rings. The average Bonchev–Trinajstić information content (AvgIpc) is 2.74. The van der Waals surface area contributed by atoms with Gasteiger partial charge in [0.05, 0.1) is 18.9 Å². The lowest BCUT2D eigenvalue weighted by Gasteiger charge is -2.21. The number of hydrogen-bond acceptors (Lipinski definition) is 3. The largest absolute Gasteiger partial charge is 0.493 e. The maximum atomic E-state index is 14.1. The summed E-state index contributed by atoms with van der Waals surface area (Å²) in [5.74, 6) is -2.75. The fraction of sp³-hybridized carbons (Fsp3) is 0.217. The maximum Gasteiger partial charge on any atom is 0.397 e. The van der Waals surface area contributed by atoms with Gasteiger partial charge < -0.3 is 14.8 Å². The van der Waals surface area contributed by atoms with Crippen molar-refractivity contribution in [3.8, 4) is 5.75 Å². The molecule has 3 nitrogen and oxygen atoms in total. The van der Waals surface area contributed by atoms with Gasteiger partial charge in [0.25, 0.3) is 0 Å². The fourth-order valence-corrected chi connectivity index (χ4v) is 2.72.